The second-order valence-electron chi connectivity index (χ2n) is 3.45. The first-order chi connectivity index (χ1) is 7.74. The Hall–Kier alpha value is -0.800. The van der Waals surface area contributed by atoms with Gasteiger partial charge in [0.1, 0.15) is 5.82 Å². The van der Waals surface area contributed by atoms with Crippen molar-refractivity contribution in [3.63, 3.8) is 0 Å². The van der Waals surface area contributed by atoms with Gasteiger partial charge in [-0.1, -0.05) is 12.1 Å². The predicted octanol–water partition coefficient (Wildman–Crippen LogP) is 3.04. The molecule has 1 aromatic rings. The van der Waals surface area contributed by atoms with Crippen LogP contribution < -0.4 is 4.90 Å². The van der Waals surface area contributed by atoms with E-state index in [0.29, 0.717) is 24.7 Å². The third kappa shape index (κ3) is 3.09. The third-order valence-electron chi connectivity index (χ3n) is 2.48. The molecule has 0 spiro atoms. The molecule has 4 heteroatoms. The number of alkyl halides is 1. The summed E-state index contributed by atoms with van der Waals surface area (Å²) in [7, 11) is 1.64. The molecule has 0 aliphatic carbocycles. The van der Waals surface area contributed by atoms with Gasteiger partial charge in [-0.25, -0.2) is 4.39 Å². The van der Waals surface area contributed by atoms with Gasteiger partial charge in [-0.2, -0.15) is 0 Å². The molecule has 0 atom stereocenters. The largest absolute Gasteiger partial charge is 0.383 e. The predicted molar refractivity (Wildman–Crippen MR) is 65.7 cm³/mol. The zero-order valence-corrected chi connectivity index (χ0v) is 10.4. The minimum Gasteiger partial charge on any atom is -0.383 e. The molecule has 0 N–H and O–H groups in total. The van der Waals surface area contributed by atoms with Crippen LogP contribution in [0.5, 0.6) is 0 Å². The van der Waals surface area contributed by atoms with Crippen molar-refractivity contribution >= 4 is 17.3 Å². The minimum atomic E-state index is -0.226. The molecule has 0 saturated heterocycles. The first kappa shape index (κ1) is 13.3. The van der Waals surface area contributed by atoms with Gasteiger partial charge in [-0.3, -0.25) is 0 Å². The minimum absolute atomic E-state index is 0.226. The number of ether oxygens (including phenoxy) is 1. The Labute approximate surface area is 101 Å². The van der Waals surface area contributed by atoms with Crippen molar-refractivity contribution in [1.29, 1.82) is 0 Å². The Morgan fingerprint density at radius 3 is 2.75 bits per heavy atom. The molecule has 0 unspecified atom stereocenters. The van der Waals surface area contributed by atoms with Crippen molar-refractivity contribution < 1.29 is 9.13 Å². The summed E-state index contributed by atoms with van der Waals surface area (Å²) in [6, 6.07) is 4.99. The van der Waals surface area contributed by atoms with Crippen LogP contribution in [0.15, 0.2) is 18.2 Å². The summed E-state index contributed by atoms with van der Waals surface area (Å²) in [6.45, 7) is 3.95. The molecule has 0 saturated carbocycles. The quantitative estimate of drug-likeness (QED) is 0.715. The standard InChI is InChI=1S/C12H17ClFNO/c1-3-15(7-8-16-2)12-10(9-13)5-4-6-11(12)14/h4-6H,3,7-9H2,1-2H3. The van der Waals surface area contributed by atoms with E-state index in [9.17, 15) is 4.39 Å². The number of benzene rings is 1. The number of hydrogen-bond donors (Lipinski definition) is 0. The number of halogens is 2. The zero-order chi connectivity index (χ0) is 12.0. The maximum atomic E-state index is 13.8. The fourth-order valence-electron chi connectivity index (χ4n) is 1.65. The Morgan fingerprint density at radius 1 is 1.44 bits per heavy atom. The van der Waals surface area contributed by atoms with Crippen LogP contribution in [0.25, 0.3) is 0 Å². The van der Waals surface area contributed by atoms with Crippen LogP contribution in [0.1, 0.15) is 12.5 Å². The van der Waals surface area contributed by atoms with E-state index in [1.165, 1.54) is 6.07 Å². The van der Waals surface area contributed by atoms with E-state index in [2.05, 4.69) is 0 Å². The average Bonchev–Trinajstić information content (AvgIpc) is 2.31. The van der Waals surface area contributed by atoms with E-state index in [1.54, 1.807) is 13.2 Å². The fourth-order valence-corrected chi connectivity index (χ4v) is 1.87. The van der Waals surface area contributed by atoms with Crippen molar-refractivity contribution in [2.45, 2.75) is 12.8 Å². The lowest BCUT2D eigenvalue weighted by molar-refractivity contribution is 0.205. The van der Waals surface area contributed by atoms with Crippen molar-refractivity contribution in [2.24, 2.45) is 0 Å². The number of methoxy groups -OCH3 is 1. The van der Waals surface area contributed by atoms with E-state index in [-0.39, 0.29) is 5.82 Å². The molecule has 0 amide bonds. The molecule has 1 aromatic carbocycles. The fraction of sp³-hybridized carbons (Fsp3) is 0.500. The van der Waals surface area contributed by atoms with Gasteiger partial charge < -0.3 is 9.64 Å². The summed E-state index contributed by atoms with van der Waals surface area (Å²) in [5, 5.41) is 0. The molecule has 0 radical (unpaired) electrons. The van der Waals surface area contributed by atoms with Crippen LogP contribution in [-0.2, 0) is 10.6 Å². The first-order valence-corrected chi connectivity index (χ1v) is 5.85. The molecule has 90 valence electrons. The van der Waals surface area contributed by atoms with E-state index in [4.69, 9.17) is 16.3 Å². The van der Waals surface area contributed by atoms with Crippen LogP contribution in [0.4, 0.5) is 10.1 Å². The van der Waals surface area contributed by atoms with Gasteiger partial charge in [0.25, 0.3) is 0 Å². The van der Waals surface area contributed by atoms with Crippen LogP contribution in [0.3, 0.4) is 0 Å². The zero-order valence-electron chi connectivity index (χ0n) is 9.67. The molecule has 2 nitrogen and oxygen atoms in total. The number of hydrogen-bond acceptors (Lipinski definition) is 2. The number of para-hydroxylation sites is 1. The second kappa shape index (κ2) is 6.71. The third-order valence-corrected chi connectivity index (χ3v) is 2.77. The highest BCUT2D eigenvalue weighted by Gasteiger charge is 2.13. The van der Waals surface area contributed by atoms with Crippen LogP contribution in [0, 0.1) is 5.82 Å². The van der Waals surface area contributed by atoms with Gasteiger partial charge in [0.05, 0.1) is 12.3 Å². The summed E-state index contributed by atoms with van der Waals surface area (Å²) in [4.78, 5) is 1.94. The lowest BCUT2D eigenvalue weighted by Gasteiger charge is -2.25. The average molecular weight is 246 g/mol. The molecule has 1 rings (SSSR count). The SMILES string of the molecule is CCN(CCOC)c1c(F)cccc1CCl. The smallest absolute Gasteiger partial charge is 0.146 e. The summed E-state index contributed by atoms with van der Waals surface area (Å²) in [6.07, 6.45) is 0. The molecule has 0 bridgehead atoms. The molecule has 0 heterocycles. The summed E-state index contributed by atoms with van der Waals surface area (Å²) in [5.74, 6) is 0.0902. The summed E-state index contributed by atoms with van der Waals surface area (Å²) in [5.41, 5.74) is 1.41. The van der Waals surface area contributed by atoms with Crippen LogP contribution in [-0.4, -0.2) is 26.8 Å². The molecule has 0 fully saturated rings. The number of likely N-dealkylation sites (N-methyl/N-ethyl adjacent to an activating group) is 1. The monoisotopic (exact) mass is 245 g/mol. The summed E-state index contributed by atoms with van der Waals surface area (Å²) < 4.78 is 18.8. The Morgan fingerprint density at radius 2 is 2.19 bits per heavy atom. The van der Waals surface area contributed by atoms with E-state index in [1.807, 2.05) is 17.9 Å². The maximum absolute atomic E-state index is 13.8. The lowest BCUT2D eigenvalue weighted by Crippen LogP contribution is -2.28. The molecule has 0 aromatic heterocycles. The molecule has 0 aliphatic rings. The highest BCUT2D eigenvalue weighted by molar-refractivity contribution is 6.17. The van der Waals surface area contributed by atoms with E-state index < -0.39 is 0 Å². The van der Waals surface area contributed by atoms with Crippen molar-refractivity contribution in [1.82, 2.24) is 0 Å². The van der Waals surface area contributed by atoms with Crippen molar-refractivity contribution in [3.8, 4) is 0 Å². The normalized spacial score (nSPS) is 10.5. The lowest BCUT2D eigenvalue weighted by atomic mass is 10.1. The van der Waals surface area contributed by atoms with Gasteiger partial charge >= 0.3 is 0 Å². The van der Waals surface area contributed by atoms with Gasteiger partial charge in [-0.15, -0.1) is 11.6 Å². The molecule has 0 aliphatic heterocycles. The first-order valence-electron chi connectivity index (χ1n) is 5.31. The number of nitrogens with zero attached hydrogens (tertiary/aromatic N) is 1. The number of anilines is 1. The number of rotatable bonds is 6. The van der Waals surface area contributed by atoms with Gasteiger partial charge in [0.15, 0.2) is 0 Å². The van der Waals surface area contributed by atoms with Crippen LogP contribution in [0.2, 0.25) is 0 Å². The molecular weight excluding hydrogens is 229 g/mol. The van der Waals surface area contributed by atoms with Crippen molar-refractivity contribution in [3.05, 3.63) is 29.6 Å². The summed E-state index contributed by atoms with van der Waals surface area (Å²) >= 11 is 5.81. The highest BCUT2D eigenvalue weighted by Crippen LogP contribution is 2.25. The maximum Gasteiger partial charge on any atom is 0.146 e. The Kier molecular flexibility index (Phi) is 5.56. The van der Waals surface area contributed by atoms with E-state index in [0.717, 1.165) is 12.1 Å². The molecule has 16 heavy (non-hydrogen) atoms. The Bertz CT molecular complexity index is 333. The highest BCUT2D eigenvalue weighted by atomic mass is 35.5. The van der Waals surface area contributed by atoms with Crippen LogP contribution >= 0.6 is 11.6 Å². The van der Waals surface area contributed by atoms with Gasteiger partial charge in [0.2, 0.25) is 0 Å². The van der Waals surface area contributed by atoms with E-state index >= 15 is 0 Å². The second-order valence-corrected chi connectivity index (χ2v) is 3.72. The topological polar surface area (TPSA) is 12.5 Å². The van der Waals surface area contributed by atoms with Gasteiger partial charge in [-0.05, 0) is 18.6 Å². The van der Waals surface area contributed by atoms with Gasteiger partial charge in [0, 0.05) is 26.1 Å². The Balaban J connectivity index is 2.97. The molecular formula is C12H17ClFNO. The van der Waals surface area contributed by atoms with Crippen molar-refractivity contribution in [2.75, 3.05) is 31.7 Å².